The van der Waals surface area contributed by atoms with Crippen LogP contribution in [0.2, 0.25) is 0 Å². The zero-order valence-electron chi connectivity index (χ0n) is 10.5. The van der Waals surface area contributed by atoms with E-state index in [1.807, 2.05) is 10.7 Å². The lowest BCUT2D eigenvalue weighted by molar-refractivity contribution is 0.0124. The van der Waals surface area contributed by atoms with Gasteiger partial charge in [0.2, 0.25) is 0 Å². The van der Waals surface area contributed by atoms with Gasteiger partial charge in [-0.25, -0.2) is 4.98 Å². The molecular weight excluding hydrogens is 242 g/mol. The van der Waals surface area contributed by atoms with Gasteiger partial charge in [0, 0.05) is 17.1 Å². The smallest absolute Gasteiger partial charge is 0.155 e. The molecule has 1 N–H and O–H groups in total. The molecule has 4 rings (SSSR count). The monoisotopic (exact) mass is 255 g/mol. The molecule has 6 nitrogen and oxygen atoms in total. The zero-order valence-corrected chi connectivity index (χ0v) is 10.5. The van der Waals surface area contributed by atoms with Crippen LogP contribution in [0.4, 0.5) is 0 Å². The lowest BCUT2D eigenvalue weighted by Gasteiger charge is -2.20. The average Bonchev–Trinajstić information content (AvgIpc) is 3.03. The fourth-order valence-electron chi connectivity index (χ4n) is 2.46. The molecule has 0 saturated carbocycles. The summed E-state index contributed by atoms with van der Waals surface area (Å²) in [6.45, 7) is 3.48. The van der Waals surface area contributed by atoms with E-state index in [9.17, 15) is 0 Å². The number of hydrogen-bond acceptors (Lipinski definition) is 4. The average molecular weight is 255 g/mol. The first-order chi connectivity index (χ1) is 9.31. The van der Waals surface area contributed by atoms with Crippen molar-refractivity contribution in [2.45, 2.75) is 26.2 Å². The molecule has 0 amide bonds. The molecule has 19 heavy (non-hydrogen) atoms. The van der Waals surface area contributed by atoms with Crippen molar-refractivity contribution < 1.29 is 4.74 Å². The number of hydrogen-bond donors (Lipinski definition) is 1. The summed E-state index contributed by atoms with van der Waals surface area (Å²) in [6.07, 6.45) is 3.77. The van der Waals surface area contributed by atoms with Crippen molar-refractivity contribution in [3.8, 4) is 11.3 Å². The Morgan fingerprint density at radius 2 is 2.42 bits per heavy atom. The number of rotatable bonds is 1. The minimum absolute atomic E-state index is 0.214. The van der Waals surface area contributed by atoms with Crippen LogP contribution in [0.15, 0.2) is 24.5 Å². The number of ether oxygens (including phenoxy) is 1. The minimum Gasteiger partial charge on any atom is -0.370 e. The summed E-state index contributed by atoms with van der Waals surface area (Å²) in [4.78, 5) is 4.24. The Kier molecular flexibility index (Phi) is 2.19. The molecule has 1 aliphatic rings. The Balaban J connectivity index is 1.87. The molecule has 0 radical (unpaired) electrons. The highest BCUT2D eigenvalue weighted by atomic mass is 16.5. The Labute approximate surface area is 109 Å². The highest BCUT2D eigenvalue weighted by Crippen LogP contribution is 2.27. The van der Waals surface area contributed by atoms with E-state index in [0.29, 0.717) is 6.61 Å². The first-order valence-corrected chi connectivity index (χ1v) is 6.28. The molecule has 3 aromatic heterocycles. The normalized spacial score (nSPS) is 18.7. The van der Waals surface area contributed by atoms with E-state index in [1.54, 1.807) is 12.4 Å². The minimum atomic E-state index is 0.214. The number of nitrogens with one attached hydrogen (secondary N) is 1. The third-order valence-electron chi connectivity index (χ3n) is 3.44. The molecule has 1 unspecified atom stereocenters. The zero-order chi connectivity index (χ0) is 12.8. The van der Waals surface area contributed by atoms with Crippen LogP contribution < -0.4 is 0 Å². The number of H-pyrrole nitrogens is 1. The second kappa shape index (κ2) is 3.89. The summed E-state index contributed by atoms with van der Waals surface area (Å²) in [5.74, 6) is 0. The van der Waals surface area contributed by atoms with E-state index in [-0.39, 0.29) is 6.10 Å². The topological polar surface area (TPSA) is 68.6 Å². The number of aromatic nitrogens is 5. The van der Waals surface area contributed by atoms with Gasteiger partial charge in [-0.05, 0) is 19.1 Å². The summed E-state index contributed by atoms with van der Waals surface area (Å²) in [6, 6.07) is 4.05. The van der Waals surface area contributed by atoms with Gasteiger partial charge in [0.15, 0.2) is 5.65 Å². The van der Waals surface area contributed by atoms with Crippen LogP contribution in [-0.4, -0.2) is 31.1 Å². The summed E-state index contributed by atoms with van der Waals surface area (Å²) in [7, 11) is 0. The Morgan fingerprint density at radius 1 is 1.47 bits per heavy atom. The quantitative estimate of drug-likeness (QED) is 0.719. The van der Waals surface area contributed by atoms with Crippen LogP contribution >= 0.6 is 0 Å². The molecule has 0 aromatic carbocycles. The van der Waals surface area contributed by atoms with Gasteiger partial charge in [-0.15, -0.1) is 0 Å². The molecule has 1 atom stereocenters. The van der Waals surface area contributed by atoms with Gasteiger partial charge in [-0.3, -0.25) is 9.78 Å². The van der Waals surface area contributed by atoms with Crippen LogP contribution in [0.5, 0.6) is 0 Å². The molecule has 3 aromatic rings. The van der Waals surface area contributed by atoms with E-state index in [4.69, 9.17) is 4.74 Å². The van der Waals surface area contributed by atoms with Gasteiger partial charge in [-0.1, -0.05) is 0 Å². The Bertz CT molecular complexity index is 744. The van der Waals surface area contributed by atoms with Crippen molar-refractivity contribution >= 4 is 11.0 Å². The molecular formula is C13H13N5O. The summed E-state index contributed by atoms with van der Waals surface area (Å²) in [5.41, 5.74) is 3.89. The molecule has 0 saturated heterocycles. The standard InChI is InChI=1S/C13H13N5O/c1-8-6-18-9(7-19-8)4-12(17-18)10-2-3-14-13-11(10)5-15-16-13/h2-5,8H,6-7H2,1H3,(H,14,15,16). The van der Waals surface area contributed by atoms with Gasteiger partial charge in [0.05, 0.1) is 36.8 Å². The van der Waals surface area contributed by atoms with Gasteiger partial charge in [0.1, 0.15) is 0 Å². The van der Waals surface area contributed by atoms with E-state index in [2.05, 4.69) is 33.3 Å². The van der Waals surface area contributed by atoms with Crippen LogP contribution in [0.3, 0.4) is 0 Å². The SMILES string of the molecule is CC1Cn2nc(-c3ccnc4[nH]ncc34)cc2CO1. The van der Waals surface area contributed by atoms with Gasteiger partial charge in [0.25, 0.3) is 0 Å². The highest BCUT2D eigenvalue weighted by Gasteiger charge is 2.19. The second-order valence-corrected chi connectivity index (χ2v) is 4.82. The predicted octanol–water partition coefficient (Wildman–Crippen LogP) is 1.74. The van der Waals surface area contributed by atoms with Crippen LogP contribution in [0.25, 0.3) is 22.3 Å². The molecule has 96 valence electrons. The lowest BCUT2D eigenvalue weighted by atomic mass is 10.1. The lowest BCUT2D eigenvalue weighted by Crippen LogP contribution is -2.24. The molecule has 0 aliphatic carbocycles. The number of fused-ring (bicyclic) bond motifs is 2. The molecule has 0 bridgehead atoms. The first-order valence-electron chi connectivity index (χ1n) is 6.28. The number of nitrogens with zero attached hydrogens (tertiary/aromatic N) is 4. The van der Waals surface area contributed by atoms with Crippen molar-refractivity contribution in [1.82, 2.24) is 25.0 Å². The van der Waals surface area contributed by atoms with E-state index >= 15 is 0 Å². The number of aromatic amines is 1. The fourth-order valence-corrected chi connectivity index (χ4v) is 2.46. The maximum absolute atomic E-state index is 5.63. The van der Waals surface area contributed by atoms with Crippen LogP contribution in [0.1, 0.15) is 12.6 Å². The van der Waals surface area contributed by atoms with Crippen molar-refractivity contribution in [3.05, 3.63) is 30.2 Å². The number of pyridine rings is 1. The van der Waals surface area contributed by atoms with Gasteiger partial charge in [-0.2, -0.15) is 10.2 Å². The molecule has 4 heterocycles. The first kappa shape index (κ1) is 10.7. The summed E-state index contributed by atoms with van der Waals surface area (Å²) in [5, 5.41) is 12.6. The van der Waals surface area contributed by atoms with Gasteiger partial charge >= 0.3 is 0 Å². The molecule has 6 heteroatoms. The Morgan fingerprint density at radius 3 is 3.37 bits per heavy atom. The highest BCUT2D eigenvalue weighted by molar-refractivity contribution is 5.90. The van der Waals surface area contributed by atoms with Gasteiger partial charge < -0.3 is 4.74 Å². The van der Waals surface area contributed by atoms with Crippen molar-refractivity contribution in [3.63, 3.8) is 0 Å². The molecule has 1 aliphatic heterocycles. The fraction of sp³-hybridized carbons (Fsp3) is 0.308. The van der Waals surface area contributed by atoms with Crippen molar-refractivity contribution in [2.24, 2.45) is 0 Å². The molecule has 0 fully saturated rings. The van der Waals surface area contributed by atoms with E-state index in [0.717, 1.165) is 34.5 Å². The van der Waals surface area contributed by atoms with E-state index < -0.39 is 0 Å². The van der Waals surface area contributed by atoms with Crippen molar-refractivity contribution in [1.29, 1.82) is 0 Å². The largest absolute Gasteiger partial charge is 0.370 e. The third kappa shape index (κ3) is 1.64. The maximum atomic E-state index is 5.63. The summed E-state index contributed by atoms with van der Waals surface area (Å²) < 4.78 is 7.66. The predicted molar refractivity (Wildman–Crippen MR) is 69.4 cm³/mol. The maximum Gasteiger partial charge on any atom is 0.155 e. The Hall–Kier alpha value is -2.21. The van der Waals surface area contributed by atoms with Crippen LogP contribution in [-0.2, 0) is 17.9 Å². The van der Waals surface area contributed by atoms with Crippen molar-refractivity contribution in [2.75, 3.05) is 0 Å². The van der Waals surface area contributed by atoms with E-state index in [1.165, 1.54) is 0 Å². The third-order valence-corrected chi connectivity index (χ3v) is 3.44. The molecule has 0 spiro atoms. The van der Waals surface area contributed by atoms with Crippen LogP contribution in [0, 0.1) is 0 Å². The summed E-state index contributed by atoms with van der Waals surface area (Å²) >= 11 is 0. The second-order valence-electron chi connectivity index (χ2n) is 4.82.